The third kappa shape index (κ3) is 5.44. The Labute approximate surface area is 146 Å². The van der Waals surface area contributed by atoms with E-state index in [1.807, 2.05) is 24.3 Å². The van der Waals surface area contributed by atoms with Crippen LogP contribution >= 0.6 is 35.3 Å². The van der Waals surface area contributed by atoms with E-state index in [0.717, 1.165) is 29.6 Å². The van der Waals surface area contributed by atoms with Gasteiger partial charge in [-0.2, -0.15) is 0 Å². The molecule has 0 bridgehead atoms. The smallest absolute Gasteiger partial charge is 0.188 e. The van der Waals surface area contributed by atoms with Crippen molar-refractivity contribution in [3.05, 3.63) is 35.2 Å². The van der Waals surface area contributed by atoms with Crippen LogP contribution in [0.3, 0.4) is 0 Å². The minimum absolute atomic E-state index is 0. The van der Waals surface area contributed by atoms with Crippen molar-refractivity contribution in [3.8, 4) is 0 Å². The van der Waals surface area contributed by atoms with Crippen LogP contribution in [0.25, 0.3) is 10.1 Å². The number of nitrogens with zero attached hydrogens (tertiary/aromatic N) is 1. The summed E-state index contributed by atoms with van der Waals surface area (Å²) < 4.78 is 1.18. The van der Waals surface area contributed by atoms with Crippen LogP contribution in [0.2, 0.25) is 0 Å². The molecule has 0 spiro atoms. The number of rotatable bonds is 6. The second-order valence-corrected chi connectivity index (χ2v) is 5.82. The molecule has 0 amide bonds. The highest BCUT2D eigenvalue weighted by Gasteiger charge is 2.10. The third-order valence-corrected chi connectivity index (χ3v) is 4.26. The highest BCUT2D eigenvalue weighted by atomic mass is 127. The highest BCUT2D eigenvalue weighted by molar-refractivity contribution is 14.0. The van der Waals surface area contributed by atoms with Gasteiger partial charge >= 0.3 is 0 Å². The SMILES string of the molecule is CCCCNC(N)=NCC(O)c1cc2ccccc2s1.I. The molecule has 0 aliphatic rings. The monoisotopic (exact) mass is 419 g/mol. The summed E-state index contributed by atoms with van der Waals surface area (Å²) in [5.74, 6) is 0.401. The largest absolute Gasteiger partial charge is 0.386 e. The topological polar surface area (TPSA) is 70.6 Å². The summed E-state index contributed by atoms with van der Waals surface area (Å²) in [6.45, 7) is 3.24. The predicted octanol–water partition coefficient (Wildman–Crippen LogP) is 3.26. The van der Waals surface area contributed by atoms with Gasteiger partial charge in [0.2, 0.25) is 0 Å². The lowest BCUT2D eigenvalue weighted by Gasteiger charge is -2.07. The Kier molecular flexibility index (Phi) is 7.98. The molecule has 0 aliphatic heterocycles. The summed E-state index contributed by atoms with van der Waals surface area (Å²) in [5, 5.41) is 14.4. The number of benzene rings is 1. The van der Waals surface area contributed by atoms with Crippen molar-refractivity contribution in [1.29, 1.82) is 0 Å². The number of aliphatic imine (C=N–C) groups is 1. The molecule has 0 fully saturated rings. The Balaban J connectivity index is 0.00000220. The standard InChI is InChI=1S/C15H21N3OS.HI/c1-2-3-8-17-15(16)18-10-12(19)14-9-11-6-4-5-7-13(11)20-14;/h4-7,9,12,19H,2-3,8,10H2,1H3,(H3,16,17,18);1H. The van der Waals surface area contributed by atoms with Crippen molar-refractivity contribution in [2.75, 3.05) is 13.1 Å². The van der Waals surface area contributed by atoms with Crippen LogP contribution in [0, 0.1) is 0 Å². The van der Waals surface area contributed by atoms with Gasteiger partial charge in [-0.05, 0) is 23.9 Å². The first-order chi connectivity index (χ1) is 9.70. The van der Waals surface area contributed by atoms with Crippen molar-refractivity contribution >= 4 is 51.4 Å². The number of nitrogens with one attached hydrogen (secondary N) is 1. The molecular formula is C15H22IN3OS. The number of hydrogen-bond donors (Lipinski definition) is 3. The number of guanidine groups is 1. The normalized spacial score (nSPS) is 13.0. The van der Waals surface area contributed by atoms with E-state index < -0.39 is 6.10 Å². The Hall–Kier alpha value is -0.860. The lowest BCUT2D eigenvalue weighted by atomic mass is 10.2. The predicted molar refractivity (Wildman–Crippen MR) is 102 cm³/mol. The molecule has 2 aromatic rings. The fraction of sp³-hybridized carbons (Fsp3) is 0.400. The first-order valence-corrected chi connectivity index (χ1v) is 7.72. The van der Waals surface area contributed by atoms with E-state index in [1.54, 1.807) is 11.3 Å². The maximum Gasteiger partial charge on any atom is 0.188 e. The van der Waals surface area contributed by atoms with Crippen molar-refractivity contribution in [1.82, 2.24) is 5.32 Å². The van der Waals surface area contributed by atoms with Crippen molar-refractivity contribution < 1.29 is 5.11 Å². The van der Waals surface area contributed by atoms with Gasteiger partial charge in [-0.1, -0.05) is 31.5 Å². The summed E-state index contributed by atoms with van der Waals surface area (Å²) in [6.07, 6.45) is 1.58. The highest BCUT2D eigenvalue weighted by Crippen LogP contribution is 2.29. The molecule has 1 aromatic carbocycles. The molecule has 6 heteroatoms. The van der Waals surface area contributed by atoms with E-state index in [-0.39, 0.29) is 30.5 Å². The fourth-order valence-corrected chi connectivity index (χ4v) is 2.93. The number of aliphatic hydroxyl groups excluding tert-OH is 1. The second-order valence-electron chi connectivity index (χ2n) is 4.71. The Bertz CT molecular complexity index is 552. The Morgan fingerprint density at radius 1 is 1.43 bits per heavy atom. The van der Waals surface area contributed by atoms with Crippen LogP contribution < -0.4 is 11.1 Å². The first-order valence-electron chi connectivity index (χ1n) is 6.91. The van der Waals surface area contributed by atoms with Gasteiger partial charge in [0.15, 0.2) is 5.96 Å². The van der Waals surface area contributed by atoms with Gasteiger partial charge in [-0.15, -0.1) is 35.3 Å². The molecule has 0 aliphatic carbocycles. The van der Waals surface area contributed by atoms with E-state index in [9.17, 15) is 5.11 Å². The molecule has 1 heterocycles. The number of aliphatic hydroxyl groups is 1. The van der Waals surface area contributed by atoms with Crippen molar-refractivity contribution in [3.63, 3.8) is 0 Å². The molecule has 1 aromatic heterocycles. The van der Waals surface area contributed by atoms with E-state index in [4.69, 9.17) is 5.73 Å². The molecule has 4 N–H and O–H groups in total. The number of unbranched alkanes of at least 4 members (excludes halogenated alkanes) is 1. The molecule has 21 heavy (non-hydrogen) atoms. The summed E-state index contributed by atoms with van der Waals surface area (Å²) in [4.78, 5) is 5.11. The maximum atomic E-state index is 10.2. The molecule has 0 saturated heterocycles. The molecule has 116 valence electrons. The van der Waals surface area contributed by atoms with Crippen molar-refractivity contribution in [2.45, 2.75) is 25.9 Å². The summed E-state index contributed by atoms with van der Waals surface area (Å²) in [5.41, 5.74) is 5.75. The van der Waals surface area contributed by atoms with Gasteiger partial charge in [0.25, 0.3) is 0 Å². The van der Waals surface area contributed by atoms with Gasteiger partial charge in [0.05, 0.1) is 6.54 Å². The van der Waals surface area contributed by atoms with Gasteiger partial charge in [0, 0.05) is 16.1 Å². The fourth-order valence-electron chi connectivity index (χ4n) is 1.89. The average molecular weight is 419 g/mol. The van der Waals surface area contributed by atoms with Crippen LogP contribution in [0.1, 0.15) is 30.7 Å². The van der Waals surface area contributed by atoms with Crippen LogP contribution in [0.5, 0.6) is 0 Å². The van der Waals surface area contributed by atoms with Gasteiger partial charge < -0.3 is 16.2 Å². The second kappa shape index (κ2) is 9.22. The maximum absolute atomic E-state index is 10.2. The van der Waals surface area contributed by atoms with E-state index in [2.05, 4.69) is 23.3 Å². The summed E-state index contributed by atoms with van der Waals surface area (Å²) >= 11 is 1.60. The number of thiophene rings is 1. The minimum Gasteiger partial charge on any atom is -0.386 e. The number of halogens is 1. The molecule has 0 radical (unpaired) electrons. The van der Waals surface area contributed by atoms with Gasteiger partial charge in [-0.3, -0.25) is 4.99 Å². The number of hydrogen-bond acceptors (Lipinski definition) is 3. The average Bonchev–Trinajstić information content (AvgIpc) is 2.89. The molecule has 0 saturated carbocycles. The lowest BCUT2D eigenvalue weighted by Crippen LogP contribution is -2.32. The molecule has 2 rings (SSSR count). The van der Waals surface area contributed by atoms with Crippen molar-refractivity contribution in [2.24, 2.45) is 10.7 Å². The zero-order chi connectivity index (χ0) is 14.4. The van der Waals surface area contributed by atoms with E-state index >= 15 is 0 Å². The molecule has 4 nitrogen and oxygen atoms in total. The van der Waals surface area contributed by atoms with E-state index in [1.165, 1.54) is 4.70 Å². The first kappa shape index (κ1) is 18.2. The molecule has 1 unspecified atom stereocenters. The van der Waals surface area contributed by atoms with Gasteiger partial charge in [0.1, 0.15) is 6.10 Å². The zero-order valence-electron chi connectivity index (χ0n) is 12.1. The van der Waals surface area contributed by atoms with Crippen LogP contribution in [-0.2, 0) is 0 Å². The molecular weight excluding hydrogens is 397 g/mol. The summed E-state index contributed by atoms with van der Waals surface area (Å²) in [7, 11) is 0. The quantitative estimate of drug-likeness (QED) is 0.291. The zero-order valence-corrected chi connectivity index (χ0v) is 15.2. The van der Waals surface area contributed by atoms with Crippen LogP contribution in [0.4, 0.5) is 0 Å². The Morgan fingerprint density at radius 3 is 2.90 bits per heavy atom. The number of fused-ring (bicyclic) bond motifs is 1. The van der Waals surface area contributed by atoms with Crippen LogP contribution in [-0.4, -0.2) is 24.2 Å². The van der Waals surface area contributed by atoms with Crippen LogP contribution in [0.15, 0.2) is 35.3 Å². The minimum atomic E-state index is -0.598. The third-order valence-electron chi connectivity index (χ3n) is 3.04. The summed E-state index contributed by atoms with van der Waals surface area (Å²) in [6, 6.07) is 10.1. The van der Waals surface area contributed by atoms with Gasteiger partial charge in [-0.25, -0.2) is 0 Å². The number of nitrogens with two attached hydrogens (primary N) is 1. The van der Waals surface area contributed by atoms with E-state index in [0.29, 0.717) is 5.96 Å². The Morgan fingerprint density at radius 2 is 2.19 bits per heavy atom. The lowest BCUT2D eigenvalue weighted by molar-refractivity contribution is 0.191. The molecule has 1 atom stereocenters.